The van der Waals surface area contributed by atoms with E-state index in [1.807, 2.05) is 35.2 Å². The number of carbonyl (C=O) groups excluding carboxylic acids is 3. The molecule has 3 aromatic carbocycles. The Morgan fingerprint density at radius 3 is 2.46 bits per heavy atom. The van der Waals surface area contributed by atoms with Gasteiger partial charge in [0.15, 0.2) is 0 Å². The summed E-state index contributed by atoms with van der Waals surface area (Å²) in [6.45, 7) is 0. The van der Waals surface area contributed by atoms with Gasteiger partial charge in [-0.3, -0.25) is 14.4 Å². The van der Waals surface area contributed by atoms with E-state index in [1.54, 1.807) is 48.7 Å². The fourth-order valence-electron chi connectivity index (χ4n) is 5.71. The fourth-order valence-corrected chi connectivity index (χ4v) is 6.07. The zero-order valence-corrected chi connectivity index (χ0v) is 21.1. The van der Waals surface area contributed by atoms with Crippen molar-refractivity contribution in [2.45, 2.75) is 12.1 Å². The second kappa shape index (κ2) is 8.94. The van der Waals surface area contributed by atoms with Crippen LogP contribution in [0.2, 0.25) is 10.0 Å². The molecule has 3 aromatic rings. The van der Waals surface area contributed by atoms with Gasteiger partial charge in [0.2, 0.25) is 17.7 Å². The summed E-state index contributed by atoms with van der Waals surface area (Å²) in [7, 11) is 1.49. The van der Waals surface area contributed by atoms with Crippen molar-refractivity contribution >= 4 is 58.4 Å². The van der Waals surface area contributed by atoms with Crippen LogP contribution in [0, 0.1) is 11.8 Å². The molecular formula is C28H21Cl2N3O4. The first kappa shape index (κ1) is 23.6. The van der Waals surface area contributed by atoms with Crippen LogP contribution in [-0.4, -0.2) is 35.8 Å². The van der Waals surface area contributed by atoms with Crippen LogP contribution in [0.15, 0.2) is 72.9 Å². The van der Waals surface area contributed by atoms with Gasteiger partial charge in [-0.15, -0.1) is 0 Å². The molecule has 2 saturated heterocycles. The summed E-state index contributed by atoms with van der Waals surface area (Å²) in [5, 5.41) is 3.71. The van der Waals surface area contributed by atoms with Gasteiger partial charge >= 0.3 is 0 Å². The van der Waals surface area contributed by atoms with Crippen LogP contribution >= 0.6 is 23.2 Å². The minimum Gasteiger partial charge on any atom is -0.495 e. The van der Waals surface area contributed by atoms with E-state index in [0.717, 1.165) is 11.1 Å². The highest BCUT2D eigenvalue weighted by atomic mass is 35.5. The zero-order chi connectivity index (χ0) is 25.8. The number of ether oxygens (including phenoxy) is 1. The normalized spacial score (nSPS) is 23.5. The van der Waals surface area contributed by atoms with Gasteiger partial charge in [-0.05, 0) is 53.6 Å². The average molecular weight is 534 g/mol. The third kappa shape index (κ3) is 3.69. The van der Waals surface area contributed by atoms with Gasteiger partial charge in [0, 0.05) is 16.2 Å². The first-order valence-corrected chi connectivity index (χ1v) is 12.5. The number of nitrogens with zero attached hydrogens (tertiary/aromatic N) is 2. The molecule has 0 aromatic heterocycles. The van der Waals surface area contributed by atoms with E-state index in [4.69, 9.17) is 27.9 Å². The number of hydrogen-bond donors (Lipinski definition) is 1. The van der Waals surface area contributed by atoms with Gasteiger partial charge in [-0.2, -0.15) is 0 Å². The standard InChI is InChI=1S/C28H21Cl2N3O4/c1-37-21-10-9-17(30)14-20(21)31-26(34)25-23-22(24-19-8-3-2-5-15(19)11-12-32(24)25)27(35)33(28(23)36)18-7-4-6-16(29)13-18/h2-14,22-25H,1H3,(H,31,34)/t22-,23-,24+,25+/m1/s1. The molecule has 7 nitrogen and oxygen atoms in total. The minimum absolute atomic E-state index is 0.354. The largest absolute Gasteiger partial charge is 0.495 e. The Morgan fingerprint density at radius 1 is 0.919 bits per heavy atom. The Balaban J connectivity index is 1.45. The SMILES string of the molecule is COc1ccc(Cl)cc1NC(=O)[C@@H]1[C@@H]2C(=O)N(c3cccc(Cl)c3)C(=O)[C@H]2[C@@H]2c3ccccc3C=CN12. The lowest BCUT2D eigenvalue weighted by Crippen LogP contribution is -2.46. The number of imide groups is 1. The van der Waals surface area contributed by atoms with Gasteiger partial charge < -0.3 is 15.0 Å². The molecule has 9 heteroatoms. The highest BCUT2D eigenvalue weighted by molar-refractivity contribution is 6.32. The molecular weight excluding hydrogens is 513 g/mol. The molecule has 0 bridgehead atoms. The molecule has 3 aliphatic rings. The number of anilines is 2. The van der Waals surface area contributed by atoms with Crippen molar-refractivity contribution < 1.29 is 19.1 Å². The number of fused-ring (bicyclic) bond motifs is 5. The molecule has 4 atom stereocenters. The van der Waals surface area contributed by atoms with Crippen molar-refractivity contribution in [2.75, 3.05) is 17.3 Å². The Kier molecular flexibility index (Phi) is 5.70. The topological polar surface area (TPSA) is 79.0 Å². The molecule has 6 rings (SSSR count). The number of halogens is 2. The van der Waals surface area contributed by atoms with E-state index < -0.39 is 35.7 Å². The molecule has 3 amide bonds. The maximum absolute atomic E-state index is 13.9. The van der Waals surface area contributed by atoms with Crippen LogP contribution in [0.3, 0.4) is 0 Å². The predicted molar refractivity (Wildman–Crippen MR) is 141 cm³/mol. The van der Waals surface area contributed by atoms with Gasteiger partial charge in [-0.1, -0.05) is 53.5 Å². The number of rotatable bonds is 4. The van der Waals surface area contributed by atoms with Gasteiger partial charge in [0.1, 0.15) is 11.8 Å². The Bertz CT molecular complexity index is 1490. The summed E-state index contributed by atoms with van der Waals surface area (Å²) in [5.41, 5.74) is 2.61. The van der Waals surface area contributed by atoms with Gasteiger partial charge in [0.25, 0.3) is 0 Å². The summed E-state index contributed by atoms with van der Waals surface area (Å²) < 4.78 is 5.39. The van der Waals surface area contributed by atoms with Gasteiger partial charge in [0.05, 0.1) is 36.4 Å². The summed E-state index contributed by atoms with van der Waals surface area (Å²) in [6.07, 6.45) is 3.70. The van der Waals surface area contributed by atoms with Crippen LogP contribution in [0.5, 0.6) is 5.75 Å². The molecule has 0 spiro atoms. The lowest BCUT2D eigenvalue weighted by atomic mass is 9.84. The Morgan fingerprint density at radius 2 is 1.68 bits per heavy atom. The summed E-state index contributed by atoms with van der Waals surface area (Å²) in [5.74, 6) is -2.45. The van der Waals surface area contributed by atoms with E-state index in [-0.39, 0.29) is 5.91 Å². The Labute approximate surface area is 223 Å². The minimum atomic E-state index is -0.941. The number of carbonyl (C=O) groups is 3. The van der Waals surface area contributed by atoms with Crippen LogP contribution in [0.4, 0.5) is 11.4 Å². The first-order chi connectivity index (χ1) is 17.9. The van der Waals surface area contributed by atoms with Crippen molar-refractivity contribution in [3.63, 3.8) is 0 Å². The second-order valence-corrected chi connectivity index (χ2v) is 10.0. The maximum Gasteiger partial charge on any atom is 0.248 e. The third-order valence-corrected chi connectivity index (χ3v) is 7.69. The monoisotopic (exact) mass is 533 g/mol. The average Bonchev–Trinajstić information content (AvgIpc) is 3.36. The number of amides is 3. The predicted octanol–water partition coefficient (Wildman–Crippen LogP) is 5.16. The molecule has 3 heterocycles. The van der Waals surface area contributed by atoms with Crippen LogP contribution < -0.4 is 15.0 Å². The quantitative estimate of drug-likeness (QED) is 0.469. The third-order valence-electron chi connectivity index (χ3n) is 7.22. The summed E-state index contributed by atoms with van der Waals surface area (Å²) in [4.78, 5) is 44.6. The van der Waals surface area contributed by atoms with Crippen molar-refractivity contribution in [3.05, 3.63) is 94.1 Å². The number of hydrogen-bond acceptors (Lipinski definition) is 5. The smallest absolute Gasteiger partial charge is 0.248 e. The molecule has 0 radical (unpaired) electrons. The molecule has 37 heavy (non-hydrogen) atoms. The van der Waals surface area contributed by atoms with E-state index in [2.05, 4.69) is 5.32 Å². The fraction of sp³-hybridized carbons (Fsp3) is 0.179. The number of methoxy groups -OCH3 is 1. The maximum atomic E-state index is 13.9. The van der Waals surface area contributed by atoms with Crippen molar-refractivity contribution in [1.82, 2.24) is 4.90 Å². The molecule has 0 saturated carbocycles. The van der Waals surface area contributed by atoms with E-state index in [0.29, 0.717) is 27.2 Å². The highest BCUT2D eigenvalue weighted by Gasteiger charge is 2.64. The molecule has 2 fully saturated rings. The van der Waals surface area contributed by atoms with Crippen LogP contribution in [0.1, 0.15) is 17.2 Å². The summed E-state index contributed by atoms with van der Waals surface area (Å²) in [6, 6.07) is 17.8. The second-order valence-electron chi connectivity index (χ2n) is 9.16. The molecule has 3 aliphatic heterocycles. The van der Waals surface area contributed by atoms with Crippen molar-refractivity contribution in [1.29, 1.82) is 0 Å². The lowest BCUT2D eigenvalue weighted by molar-refractivity contribution is -0.128. The molecule has 0 aliphatic carbocycles. The van der Waals surface area contributed by atoms with Crippen molar-refractivity contribution in [2.24, 2.45) is 11.8 Å². The van der Waals surface area contributed by atoms with Crippen molar-refractivity contribution in [3.8, 4) is 5.75 Å². The van der Waals surface area contributed by atoms with Gasteiger partial charge in [-0.25, -0.2) is 4.90 Å². The summed E-state index contributed by atoms with van der Waals surface area (Å²) >= 11 is 12.3. The molecule has 186 valence electrons. The van der Waals surface area contributed by atoms with E-state index in [9.17, 15) is 14.4 Å². The van der Waals surface area contributed by atoms with Crippen LogP contribution in [-0.2, 0) is 14.4 Å². The molecule has 1 N–H and O–H groups in total. The number of benzene rings is 3. The highest BCUT2D eigenvalue weighted by Crippen LogP contribution is 2.53. The van der Waals surface area contributed by atoms with Crippen LogP contribution in [0.25, 0.3) is 6.08 Å². The van der Waals surface area contributed by atoms with E-state index >= 15 is 0 Å². The zero-order valence-electron chi connectivity index (χ0n) is 19.6. The van der Waals surface area contributed by atoms with E-state index in [1.165, 1.54) is 12.0 Å². The Hall–Kier alpha value is -3.81. The first-order valence-electron chi connectivity index (χ1n) is 11.7. The number of nitrogens with one attached hydrogen (secondary N) is 1. The molecule has 0 unspecified atom stereocenters. The lowest BCUT2D eigenvalue weighted by Gasteiger charge is -2.35.